The van der Waals surface area contributed by atoms with Gasteiger partial charge < -0.3 is 14.4 Å². The van der Waals surface area contributed by atoms with Gasteiger partial charge in [0.2, 0.25) is 0 Å². The van der Waals surface area contributed by atoms with Gasteiger partial charge in [-0.1, -0.05) is 38.1 Å². The van der Waals surface area contributed by atoms with Crippen LogP contribution in [0.3, 0.4) is 0 Å². The van der Waals surface area contributed by atoms with Crippen molar-refractivity contribution in [3.63, 3.8) is 0 Å². The number of nitrogens with zero attached hydrogens (tertiary/aromatic N) is 2. The minimum Gasteiger partial charge on any atom is -0.493 e. The highest BCUT2D eigenvalue weighted by Crippen LogP contribution is 2.40. The number of carbonyl (C=O) groups excluding carboxylic acids is 1. The summed E-state index contributed by atoms with van der Waals surface area (Å²) in [5.41, 5.74) is 4.27. The zero-order chi connectivity index (χ0) is 24.6. The van der Waals surface area contributed by atoms with Crippen molar-refractivity contribution in [1.82, 2.24) is 4.90 Å². The van der Waals surface area contributed by atoms with Crippen LogP contribution in [0.2, 0.25) is 0 Å². The molecule has 0 aromatic heterocycles. The Labute approximate surface area is 199 Å². The Bertz CT molecular complexity index is 993. The zero-order valence-corrected chi connectivity index (χ0v) is 21.2. The number of hydrogen-bond acceptors (Lipinski definition) is 5. The van der Waals surface area contributed by atoms with Crippen LogP contribution in [-0.2, 0) is 16.6 Å². The average molecular weight is 451 g/mol. The van der Waals surface area contributed by atoms with E-state index in [1.165, 1.54) is 23.6 Å². The summed E-state index contributed by atoms with van der Waals surface area (Å²) in [7, 11) is 3.68. The van der Waals surface area contributed by atoms with Crippen molar-refractivity contribution in [1.29, 1.82) is 5.26 Å². The molecule has 0 spiro atoms. The Kier molecular flexibility index (Phi) is 9.49. The molecule has 0 aliphatic carbocycles. The largest absolute Gasteiger partial charge is 0.493 e. The first-order chi connectivity index (χ1) is 15.6. The van der Waals surface area contributed by atoms with Gasteiger partial charge in [0.05, 0.1) is 18.6 Å². The quantitative estimate of drug-likeness (QED) is 0.329. The van der Waals surface area contributed by atoms with Crippen molar-refractivity contribution < 1.29 is 14.3 Å². The van der Waals surface area contributed by atoms with Crippen molar-refractivity contribution in [2.24, 2.45) is 5.92 Å². The maximum Gasteiger partial charge on any atom is 0.308 e. The highest BCUT2D eigenvalue weighted by molar-refractivity contribution is 5.70. The molecule has 33 heavy (non-hydrogen) atoms. The summed E-state index contributed by atoms with van der Waals surface area (Å²) in [6.07, 6.45) is 2.66. The maximum absolute atomic E-state index is 11.4. The summed E-state index contributed by atoms with van der Waals surface area (Å²) >= 11 is 0. The normalized spacial score (nSPS) is 13.0. The fraction of sp³-hybridized carbons (Fsp3) is 0.500. The van der Waals surface area contributed by atoms with Gasteiger partial charge in [0.25, 0.3) is 0 Å². The number of methoxy groups -OCH3 is 1. The minimum absolute atomic E-state index is 0.118. The van der Waals surface area contributed by atoms with Crippen LogP contribution in [0.1, 0.15) is 55.9 Å². The maximum atomic E-state index is 11.4. The van der Waals surface area contributed by atoms with Crippen LogP contribution < -0.4 is 9.47 Å². The standard InChI is InChI=1S/C28H38N2O3/c1-20(2)28(19-29,25-11-12-26(33-23(5)31)27(18-25)32-7)14-8-15-30(6)16-13-24-10-9-21(3)22(4)17-24/h9-12,17-18,20H,8,13-16H2,1-7H3. The molecule has 2 aromatic rings. The van der Waals surface area contributed by atoms with E-state index < -0.39 is 11.4 Å². The number of carbonyl (C=O) groups is 1. The number of likely N-dealkylation sites (N-methyl/N-ethyl adjacent to an activating group) is 1. The van der Waals surface area contributed by atoms with Crippen LogP contribution in [0, 0.1) is 31.1 Å². The van der Waals surface area contributed by atoms with E-state index in [2.05, 4.69) is 63.9 Å². The summed E-state index contributed by atoms with van der Waals surface area (Å²) in [5.74, 6) is 0.553. The van der Waals surface area contributed by atoms with Crippen LogP contribution in [0.4, 0.5) is 0 Å². The third-order valence-electron chi connectivity index (χ3n) is 6.58. The van der Waals surface area contributed by atoms with E-state index >= 15 is 0 Å². The highest BCUT2D eigenvalue weighted by atomic mass is 16.6. The Morgan fingerprint density at radius 3 is 2.39 bits per heavy atom. The fourth-order valence-corrected chi connectivity index (χ4v) is 4.22. The predicted octanol–water partition coefficient (Wildman–Crippen LogP) is 5.61. The molecule has 0 saturated heterocycles. The first-order valence-corrected chi connectivity index (χ1v) is 11.7. The Hall–Kier alpha value is -2.84. The van der Waals surface area contributed by atoms with E-state index in [9.17, 15) is 10.1 Å². The number of aryl methyl sites for hydroxylation is 2. The topological polar surface area (TPSA) is 62.6 Å². The van der Waals surface area contributed by atoms with Crippen LogP contribution in [0.5, 0.6) is 11.5 Å². The lowest BCUT2D eigenvalue weighted by molar-refractivity contribution is -0.132. The van der Waals surface area contributed by atoms with E-state index in [-0.39, 0.29) is 5.92 Å². The van der Waals surface area contributed by atoms with Crippen molar-refractivity contribution in [2.45, 2.75) is 59.3 Å². The van der Waals surface area contributed by atoms with Crippen LogP contribution in [0.15, 0.2) is 36.4 Å². The molecular formula is C28H38N2O3. The molecule has 2 aromatic carbocycles. The van der Waals surface area contributed by atoms with Gasteiger partial charge in [-0.2, -0.15) is 5.26 Å². The monoisotopic (exact) mass is 450 g/mol. The average Bonchev–Trinajstić information content (AvgIpc) is 2.77. The summed E-state index contributed by atoms with van der Waals surface area (Å²) in [4.78, 5) is 13.7. The smallest absolute Gasteiger partial charge is 0.308 e. The number of benzene rings is 2. The van der Waals surface area contributed by atoms with Gasteiger partial charge in [-0.15, -0.1) is 0 Å². The molecule has 0 bridgehead atoms. The van der Waals surface area contributed by atoms with Gasteiger partial charge in [0.1, 0.15) is 0 Å². The van der Waals surface area contributed by atoms with Crippen molar-refractivity contribution in [3.8, 4) is 17.6 Å². The minimum atomic E-state index is -0.642. The third-order valence-corrected chi connectivity index (χ3v) is 6.58. The van der Waals surface area contributed by atoms with Gasteiger partial charge in [-0.25, -0.2) is 0 Å². The second-order valence-corrected chi connectivity index (χ2v) is 9.27. The van der Waals surface area contributed by atoms with Crippen LogP contribution >= 0.6 is 0 Å². The van der Waals surface area contributed by atoms with Crippen molar-refractivity contribution in [3.05, 3.63) is 58.7 Å². The van der Waals surface area contributed by atoms with Gasteiger partial charge in [-0.3, -0.25) is 4.79 Å². The van der Waals surface area contributed by atoms with Gasteiger partial charge >= 0.3 is 5.97 Å². The molecule has 1 atom stereocenters. The molecule has 0 saturated carbocycles. The molecule has 0 N–H and O–H groups in total. The van der Waals surface area contributed by atoms with Crippen LogP contribution in [-0.4, -0.2) is 38.1 Å². The Morgan fingerprint density at radius 1 is 1.09 bits per heavy atom. The van der Waals surface area contributed by atoms with Gasteiger partial charge in [0.15, 0.2) is 11.5 Å². The van der Waals surface area contributed by atoms with Gasteiger partial charge in [-0.05, 0) is 87.0 Å². The molecule has 0 fully saturated rings. The number of esters is 1. The molecular weight excluding hydrogens is 412 g/mol. The summed E-state index contributed by atoms with van der Waals surface area (Å²) < 4.78 is 10.7. The highest BCUT2D eigenvalue weighted by Gasteiger charge is 2.36. The van der Waals surface area contributed by atoms with E-state index in [4.69, 9.17) is 9.47 Å². The molecule has 0 aliphatic heterocycles. The lowest BCUT2D eigenvalue weighted by Gasteiger charge is -2.32. The predicted molar refractivity (Wildman–Crippen MR) is 133 cm³/mol. The SMILES string of the molecule is COc1cc(C(C#N)(CCCN(C)CCc2ccc(C)c(C)c2)C(C)C)ccc1OC(C)=O. The molecule has 0 radical (unpaired) electrons. The molecule has 178 valence electrons. The van der Waals surface area contributed by atoms with E-state index in [0.29, 0.717) is 11.5 Å². The lowest BCUT2D eigenvalue weighted by atomic mass is 9.69. The van der Waals surface area contributed by atoms with Crippen molar-refractivity contribution in [2.75, 3.05) is 27.2 Å². The summed E-state index contributed by atoms with van der Waals surface area (Å²) in [5, 5.41) is 10.3. The molecule has 0 amide bonds. The molecule has 1 unspecified atom stereocenters. The fourth-order valence-electron chi connectivity index (χ4n) is 4.22. The first-order valence-electron chi connectivity index (χ1n) is 11.7. The molecule has 0 aliphatic rings. The van der Waals surface area contributed by atoms with E-state index in [1.807, 2.05) is 12.1 Å². The lowest BCUT2D eigenvalue weighted by Crippen LogP contribution is -2.32. The van der Waals surface area contributed by atoms with Crippen molar-refractivity contribution >= 4 is 5.97 Å². The number of hydrogen-bond donors (Lipinski definition) is 0. The second kappa shape index (κ2) is 11.9. The van der Waals surface area contributed by atoms with Gasteiger partial charge in [0, 0.05) is 13.5 Å². The Balaban J connectivity index is 2.07. The van der Waals surface area contributed by atoms with Crippen LogP contribution in [0.25, 0.3) is 0 Å². The zero-order valence-electron chi connectivity index (χ0n) is 21.2. The third kappa shape index (κ3) is 6.82. The second-order valence-electron chi connectivity index (χ2n) is 9.27. The summed E-state index contributed by atoms with van der Waals surface area (Å²) in [6, 6.07) is 14.7. The molecule has 2 rings (SSSR count). The number of rotatable bonds is 11. The molecule has 5 nitrogen and oxygen atoms in total. The number of ether oxygens (including phenoxy) is 2. The first kappa shape index (κ1) is 26.4. The number of nitriles is 1. The summed E-state index contributed by atoms with van der Waals surface area (Å²) in [6.45, 7) is 11.7. The van der Waals surface area contributed by atoms with E-state index in [0.717, 1.165) is 37.9 Å². The molecule has 5 heteroatoms. The van der Waals surface area contributed by atoms with E-state index in [1.54, 1.807) is 13.2 Å². The Morgan fingerprint density at radius 2 is 1.82 bits per heavy atom. The molecule has 0 heterocycles.